The van der Waals surface area contributed by atoms with Crippen LogP contribution in [0.4, 0.5) is 17.1 Å². The molecule has 0 atom stereocenters. The Bertz CT molecular complexity index is 859. The van der Waals surface area contributed by atoms with Gasteiger partial charge in [0.2, 0.25) is 0 Å². The molecule has 3 rings (SSSR count). The third kappa shape index (κ3) is 4.03. The molecule has 0 N–H and O–H groups in total. The van der Waals surface area contributed by atoms with Gasteiger partial charge in [-0.25, -0.2) is 0 Å². The van der Waals surface area contributed by atoms with Crippen molar-refractivity contribution in [2.75, 3.05) is 22.9 Å². The van der Waals surface area contributed by atoms with Gasteiger partial charge in [0.05, 0.1) is 17.1 Å². The zero-order valence-corrected chi connectivity index (χ0v) is 16.1. The minimum absolute atomic E-state index is 0.228. The van der Waals surface area contributed by atoms with E-state index in [2.05, 4.69) is 28.6 Å². The van der Waals surface area contributed by atoms with E-state index < -0.39 is 0 Å². The molecule has 2 aromatic rings. The second-order valence-electron chi connectivity index (χ2n) is 6.11. The minimum atomic E-state index is -0.228. The Hall–Kier alpha value is -3.08. The van der Waals surface area contributed by atoms with Crippen LogP contribution in [0, 0.1) is 0 Å². The van der Waals surface area contributed by atoms with Crippen molar-refractivity contribution in [3.05, 3.63) is 60.4 Å². The van der Waals surface area contributed by atoms with E-state index >= 15 is 0 Å². The SMILES string of the molecule is CCC(=O)Oc1ccc2c(c1)N(CC)C(=CC=Nc1ccccc1)N2CC. The van der Waals surface area contributed by atoms with E-state index in [1.807, 2.05) is 60.8 Å². The number of allylic oxidation sites excluding steroid dienone is 1. The summed E-state index contributed by atoms with van der Waals surface area (Å²) in [6.45, 7) is 7.66. The highest BCUT2D eigenvalue weighted by Crippen LogP contribution is 2.43. The Morgan fingerprint density at radius 3 is 2.37 bits per heavy atom. The highest BCUT2D eigenvalue weighted by molar-refractivity contribution is 5.88. The zero-order valence-electron chi connectivity index (χ0n) is 16.1. The topological polar surface area (TPSA) is 45.1 Å². The summed E-state index contributed by atoms with van der Waals surface area (Å²) in [5.74, 6) is 1.41. The molecule has 1 aliphatic rings. The molecule has 5 heteroatoms. The van der Waals surface area contributed by atoms with E-state index in [1.165, 1.54) is 0 Å². The summed E-state index contributed by atoms with van der Waals surface area (Å²) in [5, 5.41) is 0. The van der Waals surface area contributed by atoms with Crippen LogP contribution in [0.5, 0.6) is 5.75 Å². The number of esters is 1. The molecule has 140 valence electrons. The largest absolute Gasteiger partial charge is 0.426 e. The molecule has 0 aliphatic carbocycles. The smallest absolute Gasteiger partial charge is 0.310 e. The Kier molecular flexibility index (Phi) is 5.91. The zero-order chi connectivity index (χ0) is 19.2. The van der Waals surface area contributed by atoms with E-state index in [0.717, 1.165) is 36.0 Å². The summed E-state index contributed by atoms with van der Waals surface area (Å²) >= 11 is 0. The average Bonchev–Trinajstić information content (AvgIpc) is 3.00. The highest BCUT2D eigenvalue weighted by Gasteiger charge is 2.29. The molecule has 0 fully saturated rings. The predicted molar refractivity (Wildman–Crippen MR) is 111 cm³/mol. The fourth-order valence-electron chi connectivity index (χ4n) is 3.16. The van der Waals surface area contributed by atoms with E-state index in [0.29, 0.717) is 12.2 Å². The second-order valence-corrected chi connectivity index (χ2v) is 6.11. The first-order chi connectivity index (χ1) is 13.2. The first kappa shape index (κ1) is 18.7. The summed E-state index contributed by atoms with van der Waals surface area (Å²) in [6, 6.07) is 15.7. The molecule has 5 nitrogen and oxygen atoms in total. The lowest BCUT2D eigenvalue weighted by Crippen LogP contribution is -2.28. The first-order valence-electron chi connectivity index (χ1n) is 9.37. The number of fused-ring (bicyclic) bond motifs is 1. The number of carbonyl (C=O) groups is 1. The molecule has 0 saturated heterocycles. The van der Waals surface area contributed by atoms with Crippen LogP contribution in [0.1, 0.15) is 27.2 Å². The van der Waals surface area contributed by atoms with Gasteiger partial charge >= 0.3 is 5.97 Å². The number of benzene rings is 2. The van der Waals surface area contributed by atoms with Crippen molar-refractivity contribution in [1.29, 1.82) is 0 Å². The van der Waals surface area contributed by atoms with E-state index in [-0.39, 0.29) is 5.97 Å². The van der Waals surface area contributed by atoms with Gasteiger partial charge in [-0.1, -0.05) is 25.1 Å². The van der Waals surface area contributed by atoms with E-state index in [4.69, 9.17) is 4.74 Å². The molecule has 0 unspecified atom stereocenters. The van der Waals surface area contributed by atoms with Gasteiger partial charge in [0.15, 0.2) is 0 Å². The van der Waals surface area contributed by atoms with Gasteiger partial charge in [0, 0.05) is 31.8 Å². The second kappa shape index (κ2) is 8.54. The average molecular weight is 363 g/mol. The van der Waals surface area contributed by atoms with E-state index in [1.54, 1.807) is 6.92 Å². The normalized spacial score (nSPS) is 14.9. The van der Waals surface area contributed by atoms with Crippen LogP contribution < -0.4 is 14.5 Å². The van der Waals surface area contributed by atoms with E-state index in [9.17, 15) is 4.79 Å². The Morgan fingerprint density at radius 2 is 1.70 bits per heavy atom. The number of hydrogen-bond donors (Lipinski definition) is 0. The quantitative estimate of drug-likeness (QED) is 0.415. The van der Waals surface area contributed by atoms with Crippen LogP contribution in [0.2, 0.25) is 0 Å². The van der Waals surface area contributed by atoms with Crippen molar-refractivity contribution in [2.24, 2.45) is 4.99 Å². The fourth-order valence-corrected chi connectivity index (χ4v) is 3.16. The van der Waals surface area contributed by atoms with Crippen molar-refractivity contribution in [3.63, 3.8) is 0 Å². The van der Waals surface area contributed by atoms with Crippen LogP contribution in [0.15, 0.2) is 65.4 Å². The molecular weight excluding hydrogens is 338 g/mol. The van der Waals surface area contributed by atoms with Gasteiger partial charge in [-0.2, -0.15) is 0 Å². The van der Waals surface area contributed by atoms with Crippen molar-refractivity contribution < 1.29 is 9.53 Å². The summed E-state index contributed by atoms with van der Waals surface area (Å²) < 4.78 is 5.39. The minimum Gasteiger partial charge on any atom is -0.426 e. The number of carbonyl (C=O) groups excluding carboxylic acids is 1. The van der Waals surface area contributed by atoms with Gasteiger partial charge in [-0.3, -0.25) is 9.79 Å². The molecule has 27 heavy (non-hydrogen) atoms. The van der Waals surface area contributed by atoms with Gasteiger partial charge in [-0.15, -0.1) is 0 Å². The number of hydrogen-bond acceptors (Lipinski definition) is 5. The van der Waals surface area contributed by atoms with Crippen molar-refractivity contribution >= 4 is 29.2 Å². The van der Waals surface area contributed by atoms with Gasteiger partial charge in [0.1, 0.15) is 11.6 Å². The molecule has 0 radical (unpaired) electrons. The summed E-state index contributed by atoms with van der Waals surface area (Å²) in [5.41, 5.74) is 3.07. The van der Waals surface area contributed by atoms with Crippen molar-refractivity contribution in [1.82, 2.24) is 0 Å². The third-order valence-electron chi connectivity index (χ3n) is 4.44. The molecular formula is C22H25N3O2. The van der Waals surface area contributed by atoms with Crippen LogP contribution in [0.3, 0.4) is 0 Å². The molecule has 0 spiro atoms. The van der Waals surface area contributed by atoms with Crippen LogP contribution in [-0.4, -0.2) is 25.3 Å². The van der Waals surface area contributed by atoms with Gasteiger partial charge in [-0.05, 0) is 44.2 Å². The Labute approximate surface area is 160 Å². The number of nitrogens with zero attached hydrogens (tertiary/aromatic N) is 3. The first-order valence-corrected chi connectivity index (χ1v) is 9.37. The lowest BCUT2D eigenvalue weighted by molar-refractivity contribution is -0.134. The third-order valence-corrected chi connectivity index (χ3v) is 4.44. The van der Waals surface area contributed by atoms with Crippen molar-refractivity contribution in [2.45, 2.75) is 27.2 Å². The standard InChI is InChI=1S/C22H25N3O2/c1-4-22(26)27-18-12-13-19-20(16-18)25(6-3)21(24(19)5-2)14-15-23-17-10-8-7-9-11-17/h7-16H,4-6H2,1-3H3. The predicted octanol–water partition coefficient (Wildman–Crippen LogP) is 4.91. The number of rotatable bonds is 6. The monoisotopic (exact) mass is 363 g/mol. The highest BCUT2D eigenvalue weighted by atomic mass is 16.5. The Balaban J connectivity index is 1.91. The number of para-hydroxylation sites is 1. The number of aliphatic imine (C=N–C) groups is 1. The molecule has 0 aromatic heterocycles. The maximum Gasteiger partial charge on any atom is 0.310 e. The number of anilines is 2. The van der Waals surface area contributed by atoms with Crippen LogP contribution in [-0.2, 0) is 4.79 Å². The molecule has 0 bridgehead atoms. The van der Waals surface area contributed by atoms with Crippen LogP contribution in [0.25, 0.3) is 0 Å². The maximum atomic E-state index is 11.6. The molecule has 1 aliphatic heterocycles. The lowest BCUT2D eigenvalue weighted by atomic mass is 10.2. The molecule has 0 saturated carbocycles. The summed E-state index contributed by atoms with van der Waals surface area (Å²) in [7, 11) is 0. The number of ether oxygens (including phenoxy) is 1. The van der Waals surface area contributed by atoms with Gasteiger partial charge < -0.3 is 14.5 Å². The maximum absolute atomic E-state index is 11.6. The summed E-state index contributed by atoms with van der Waals surface area (Å²) in [4.78, 5) is 20.6. The fraction of sp³-hybridized carbons (Fsp3) is 0.273. The summed E-state index contributed by atoms with van der Waals surface area (Å²) in [6.07, 6.45) is 4.22. The van der Waals surface area contributed by atoms with Crippen LogP contribution >= 0.6 is 0 Å². The van der Waals surface area contributed by atoms with Crippen molar-refractivity contribution in [3.8, 4) is 5.75 Å². The Morgan fingerprint density at radius 1 is 1.00 bits per heavy atom. The molecule has 1 heterocycles. The molecule has 0 amide bonds. The molecule has 2 aromatic carbocycles. The van der Waals surface area contributed by atoms with Gasteiger partial charge in [0.25, 0.3) is 0 Å². The lowest BCUT2D eigenvalue weighted by Gasteiger charge is -2.22.